The number of nitrogens with zero attached hydrogens (tertiary/aromatic N) is 1. The highest BCUT2D eigenvalue weighted by Gasteiger charge is 2.35. The summed E-state index contributed by atoms with van der Waals surface area (Å²) in [6.45, 7) is 2.16. The third-order valence-electron chi connectivity index (χ3n) is 3.78. The van der Waals surface area contributed by atoms with Crippen molar-refractivity contribution < 1.29 is 23.8 Å². The molecule has 140 valence electrons. The zero-order valence-corrected chi connectivity index (χ0v) is 15.8. The summed E-state index contributed by atoms with van der Waals surface area (Å²) in [7, 11) is 0. The molecule has 0 aromatic heterocycles. The Morgan fingerprint density at radius 1 is 1.26 bits per heavy atom. The number of halogens is 2. The van der Waals surface area contributed by atoms with Gasteiger partial charge in [0, 0.05) is 0 Å². The van der Waals surface area contributed by atoms with Crippen molar-refractivity contribution >= 4 is 40.6 Å². The Kier molecular flexibility index (Phi) is 5.72. The van der Waals surface area contributed by atoms with Crippen LogP contribution in [-0.2, 0) is 11.3 Å². The van der Waals surface area contributed by atoms with Crippen LogP contribution in [-0.4, -0.2) is 27.8 Å². The molecule has 1 aliphatic rings. The van der Waals surface area contributed by atoms with E-state index in [0.29, 0.717) is 17.7 Å². The SMILES string of the molecule is CCOc1cc(/C=C2\SC(=O)N(Cc3ccc(F)cc3)C2=O)cc(Cl)c1O. The van der Waals surface area contributed by atoms with Crippen LogP contribution in [0.5, 0.6) is 11.5 Å². The number of amides is 2. The Balaban J connectivity index is 1.85. The predicted octanol–water partition coefficient (Wildman–Crippen LogP) is 4.82. The number of phenols is 1. The first-order chi connectivity index (χ1) is 12.9. The first kappa shape index (κ1) is 19.3. The van der Waals surface area contributed by atoms with Gasteiger partial charge in [-0.3, -0.25) is 14.5 Å². The number of hydrogen-bond donors (Lipinski definition) is 1. The second-order valence-corrected chi connectivity index (χ2v) is 7.08. The van der Waals surface area contributed by atoms with Crippen LogP contribution >= 0.6 is 23.4 Å². The van der Waals surface area contributed by atoms with E-state index in [1.54, 1.807) is 13.0 Å². The molecule has 0 saturated carbocycles. The highest BCUT2D eigenvalue weighted by Crippen LogP contribution is 2.38. The molecule has 0 bridgehead atoms. The molecule has 8 heteroatoms. The number of ether oxygens (including phenoxy) is 1. The molecule has 1 N–H and O–H groups in total. The summed E-state index contributed by atoms with van der Waals surface area (Å²) in [5.74, 6) is -0.819. The Labute approximate surface area is 164 Å². The minimum Gasteiger partial charge on any atom is -0.503 e. The number of thioether (sulfide) groups is 1. The number of rotatable bonds is 5. The van der Waals surface area contributed by atoms with Gasteiger partial charge in [0.25, 0.3) is 11.1 Å². The number of carbonyl (C=O) groups is 2. The molecule has 0 aliphatic carbocycles. The number of phenolic OH excluding ortho intramolecular Hbond substituents is 1. The topological polar surface area (TPSA) is 66.8 Å². The number of benzene rings is 2. The quantitative estimate of drug-likeness (QED) is 0.720. The summed E-state index contributed by atoms with van der Waals surface area (Å²) in [4.78, 5) is 26.1. The average molecular weight is 408 g/mol. The van der Waals surface area contributed by atoms with Gasteiger partial charge in [0.1, 0.15) is 5.82 Å². The van der Waals surface area contributed by atoms with Gasteiger partial charge in [-0.05, 0) is 60.2 Å². The maximum Gasteiger partial charge on any atom is 0.293 e. The summed E-state index contributed by atoms with van der Waals surface area (Å²) in [5.41, 5.74) is 1.17. The van der Waals surface area contributed by atoms with E-state index in [1.807, 2.05) is 0 Å². The van der Waals surface area contributed by atoms with Gasteiger partial charge in [-0.25, -0.2) is 4.39 Å². The van der Waals surface area contributed by atoms with Crippen molar-refractivity contribution in [2.75, 3.05) is 6.61 Å². The van der Waals surface area contributed by atoms with E-state index >= 15 is 0 Å². The molecular formula is C19H15ClFNO4S. The van der Waals surface area contributed by atoms with Crippen LogP contribution in [0.25, 0.3) is 6.08 Å². The minimum absolute atomic E-state index is 0.0583. The fourth-order valence-electron chi connectivity index (χ4n) is 2.50. The lowest BCUT2D eigenvalue weighted by Gasteiger charge is -2.12. The molecule has 1 saturated heterocycles. The van der Waals surface area contributed by atoms with E-state index in [4.69, 9.17) is 16.3 Å². The van der Waals surface area contributed by atoms with Crippen molar-refractivity contribution in [2.45, 2.75) is 13.5 Å². The van der Waals surface area contributed by atoms with Crippen LogP contribution in [0.15, 0.2) is 41.3 Å². The Morgan fingerprint density at radius 2 is 1.96 bits per heavy atom. The van der Waals surface area contributed by atoms with E-state index in [1.165, 1.54) is 36.4 Å². The molecule has 0 radical (unpaired) electrons. The molecule has 1 fully saturated rings. The fraction of sp³-hybridized carbons (Fsp3) is 0.158. The average Bonchev–Trinajstić information content (AvgIpc) is 2.88. The van der Waals surface area contributed by atoms with Gasteiger partial charge in [-0.2, -0.15) is 0 Å². The minimum atomic E-state index is -0.448. The largest absolute Gasteiger partial charge is 0.503 e. The van der Waals surface area contributed by atoms with Gasteiger partial charge in [0.15, 0.2) is 11.5 Å². The van der Waals surface area contributed by atoms with Crippen LogP contribution in [0.1, 0.15) is 18.1 Å². The van der Waals surface area contributed by atoms with E-state index in [-0.39, 0.29) is 33.8 Å². The van der Waals surface area contributed by atoms with E-state index in [2.05, 4.69) is 0 Å². The van der Waals surface area contributed by atoms with Gasteiger partial charge in [0.2, 0.25) is 0 Å². The zero-order chi connectivity index (χ0) is 19.6. The lowest BCUT2D eigenvalue weighted by molar-refractivity contribution is -0.123. The molecule has 0 unspecified atom stereocenters. The summed E-state index contributed by atoms with van der Waals surface area (Å²) >= 11 is 6.80. The first-order valence-electron chi connectivity index (χ1n) is 8.04. The summed E-state index contributed by atoms with van der Waals surface area (Å²) in [5, 5.41) is 9.56. The lowest BCUT2D eigenvalue weighted by atomic mass is 10.1. The maximum atomic E-state index is 13.0. The molecule has 2 aromatic carbocycles. The monoisotopic (exact) mass is 407 g/mol. The fourth-order valence-corrected chi connectivity index (χ4v) is 3.56. The molecule has 3 rings (SSSR count). The summed E-state index contributed by atoms with van der Waals surface area (Å²) in [6.07, 6.45) is 1.52. The number of imide groups is 1. The standard InChI is InChI=1S/C19H15ClFNO4S/c1-2-26-15-8-12(7-14(20)17(15)23)9-16-18(24)22(19(25)27-16)10-11-3-5-13(21)6-4-11/h3-9,23H,2,10H2,1H3/b16-9-. The van der Waals surface area contributed by atoms with Gasteiger partial charge in [-0.1, -0.05) is 23.7 Å². The second kappa shape index (κ2) is 8.02. The van der Waals surface area contributed by atoms with Crippen LogP contribution in [0.2, 0.25) is 5.02 Å². The zero-order valence-electron chi connectivity index (χ0n) is 14.2. The number of carbonyl (C=O) groups excluding carboxylic acids is 2. The van der Waals surface area contributed by atoms with E-state index in [9.17, 15) is 19.1 Å². The molecule has 2 amide bonds. The van der Waals surface area contributed by atoms with Crippen molar-refractivity contribution in [3.63, 3.8) is 0 Å². The molecule has 0 spiro atoms. The second-order valence-electron chi connectivity index (χ2n) is 5.68. The highest BCUT2D eigenvalue weighted by atomic mass is 35.5. The van der Waals surface area contributed by atoms with Crippen molar-refractivity contribution in [1.82, 2.24) is 4.90 Å². The molecule has 5 nitrogen and oxygen atoms in total. The van der Waals surface area contributed by atoms with Crippen LogP contribution in [0.4, 0.5) is 9.18 Å². The highest BCUT2D eigenvalue weighted by molar-refractivity contribution is 8.18. The van der Waals surface area contributed by atoms with E-state index < -0.39 is 11.1 Å². The van der Waals surface area contributed by atoms with Crippen molar-refractivity contribution in [3.8, 4) is 11.5 Å². The number of hydrogen-bond acceptors (Lipinski definition) is 5. The molecule has 1 heterocycles. The predicted molar refractivity (Wildman–Crippen MR) is 102 cm³/mol. The van der Waals surface area contributed by atoms with Gasteiger partial charge in [-0.15, -0.1) is 0 Å². The third kappa shape index (κ3) is 4.26. The van der Waals surface area contributed by atoms with Gasteiger partial charge >= 0.3 is 0 Å². The van der Waals surface area contributed by atoms with E-state index in [0.717, 1.165) is 16.7 Å². The van der Waals surface area contributed by atoms with Crippen molar-refractivity contribution in [2.24, 2.45) is 0 Å². The normalized spacial score (nSPS) is 15.7. The molecule has 1 aliphatic heterocycles. The maximum absolute atomic E-state index is 13.0. The van der Waals surface area contributed by atoms with Gasteiger partial charge < -0.3 is 9.84 Å². The Morgan fingerprint density at radius 3 is 2.63 bits per heavy atom. The first-order valence-corrected chi connectivity index (χ1v) is 9.23. The van der Waals surface area contributed by atoms with Crippen molar-refractivity contribution in [1.29, 1.82) is 0 Å². The smallest absolute Gasteiger partial charge is 0.293 e. The van der Waals surface area contributed by atoms with Crippen LogP contribution < -0.4 is 4.74 Å². The Bertz CT molecular complexity index is 930. The third-order valence-corrected chi connectivity index (χ3v) is 4.97. The van der Waals surface area contributed by atoms with Crippen LogP contribution in [0, 0.1) is 5.82 Å². The summed E-state index contributed by atoms with van der Waals surface area (Å²) < 4.78 is 18.3. The van der Waals surface area contributed by atoms with Crippen molar-refractivity contribution in [3.05, 3.63) is 63.3 Å². The molecule has 0 atom stereocenters. The molecule has 2 aromatic rings. The van der Waals surface area contributed by atoms with Crippen LogP contribution in [0.3, 0.4) is 0 Å². The molecular weight excluding hydrogens is 393 g/mol. The lowest BCUT2D eigenvalue weighted by Crippen LogP contribution is -2.27. The molecule has 27 heavy (non-hydrogen) atoms. The summed E-state index contributed by atoms with van der Waals surface area (Å²) in [6, 6.07) is 8.62. The van der Waals surface area contributed by atoms with Gasteiger partial charge in [0.05, 0.1) is 23.1 Å². The Hall–Kier alpha value is -2.51. The number of aromatic hydroxyl groups is 1.